The van der Waals surface area contributed by atoms with E-state index in [2.05, 4.69) is 10.3 Å². The number of hydrogen-bond donors (Lipinski definition) is 3. The number of nitrogens with zero attached hydrogens (tertiary/aromatic N) is 2. The van der Waals surface area contributed by atoms with Gasteiger partial charge in [-0.25, -0.2) is 4.79 Å². The van der Waals surface area contributed by atoms with Gasteiger partial charge in [0.1, 0.15) is 17.1 Å². The number of carbonyl (C=O) groups excluding carboxylic acids is 1. The summed E-state index contributed by atoms with van der Waals surface area (Å²) >= 11 is 6.73. The molecule has 0 aromatic carbocycles. The van der Waals surface area contributed by atoms with Gasteiger partial charge >= 0.3 is 5.97 Å². The highest BCUT2D eigenvalue weighted by molar-refractivity contribution is 8.00. The van der Waals surface area contributed by atoms with Crippen LogP contribution in [0, 0.1) is 0 Å². The number of amides is 1. The Morgan fingerprint density at radius 3 is 2.79 bits per heavy atom. The molecule has 2 atom stereocenters. The van der Waals surface area contributed by atoms with Gasteiger partial charge < -0.3 is 15.5 Å². The quantitative estimate of drug-likeness (QED) is 0.501. The number of carbonyl (C=O) groups is 2. The maximum absolute atomic E-state index is 12.4. The molecule has 3 N–H and O–H groups in total. The standard InChI is InChI=1S/C15H15N3O4S2/c19-6-9-7-24-14-11(13(20)18(14)12(9)15(21)22)17-10(23)5-8-1-3-16-4-2-8/h1-4,11,14,19H,5-7H2,(H,17,23)(H,21,22). The number of carboxylic acid groups (broad SMARTS) is 1. The molecule has 2 aliphatic heterocycles. The number of aliphatic hydroxyl groups excluding tert-OH is 1. The van der Waals surface area contributed by atoms with Crippen molar-refractivity contribution in [2.75, 3.05) is 12.4 Å². The summed E-state index contributed by atoms with van der Waals surface area (Å²) in [5.41, 5.74) is 1.23. The molecule has 0 saturated carbocycles. The van der Waals surface area contributed by atoms with Gasteiger partial charge in [-0.15, -0.1) is 11.8 Å². The van der Waals surface area contributed by atoms with Crippen molar-refractivity contribution < 1.29 is 19.8 Å². The van der Waals surface area contributed by atoms with E-state index in [0.717, 1.165) is 5.56 Å². The van der Waals surface area contributed by atoms with Crippen molar-refractivity contribution in [1.82, 2.24) is 15.2 Å². The zero-order valence-corrected chi connectivity index (χ0v) is 14.1. The van der Waals surface area contributed by atoms with Crippen LogP contribution in [-0.2, 0) is 16.0 Å². The van der Waals surface area contributed by atoms with E-state index >= 15 is 0 Å². The van der Waals surface area contributed by atoms with Gasteiger partial charge in [-0.1, -0.05) is 12.2 Å². The summed E-state index contributed by atoms with van der Waals surface area (Å²) in [6.07, 6.45) is 3.83. The Bertz CT molecular complexity index is 723. The van der Waals surface area contributed by atoms with Crippen LogP contribution in [0.4, 0.5) is 0 Å². The van der Waals surface area contributed by atoms with Gasteiger partial charge in [-0.3, -0.25) is 14.7 Å². The Balaban J connectivity index is 1.69. The Morgan fingerprint density at radius 2 is 2.17 bits per heavy atom. The lowest BCUT2D eigenvalue weighted by molar-refractivity contribution is -0.148. The number of thiocarbonyl (C=S) groups is 1. The molecule has 2 unspecified atom stereocenters. The fourth-order valence-corrected chi connectivity index (χ4v) is 4.34. The number of fused-ring (bicyclic) bond motifs is 1. The minimum Gasteiger partial charge on any atom is -0.477 e. The minimum absolute atomic E-state index is 0.107. The van der Waals surface area contributed by atoms with Crippen molar-refractivity contribution in [3.05, 3.63) is 41.4 Å². The monoisotopic (exact) mass is 365 g/mol. The normalized spacial score (nSPS) is 22.7. The molecule has 0 aliphatic carbocycles. The maximum atomic E-state index is 12.4. The number of aromatic nitrogens is 1. The van der Waals surface area contributed by atoms with Crippen LogP contribution < -0.4 is 5.32 Å². The zero-order valence-electron chi connectivity index (χ0n) is 12.5. The largest absolute Gasteiger partial charge is 0.477 e. The van der Waals surface area contributed by atoms with Crippen LogP contribution in [0.5, 0.6) is 0 Å². The number of aliphatic hydroxyl groups is 1. The smallest absolute Gasteiger partial charge is 0.352 e. The van der Waals surface area contributed by atoms with Gasteiger partial charge in [0.2, 0.25) is 0 Å². The third-order valence-electron chi connectivity index (χ3n) is 3.87. The molecule has 0 radical (unpaired) electrons. The maximum Gasteiger partial charge on any atom is 0.352 e. The SMILES string of the molecule is O=C(O)C1=C(CO)CSC2C(NC(=S)Cc3ccncc3)C(=O)N12. The number of nitrogens with one attached hydrogen (secondary N) is 1. The van der Waals surface area contributed by atoms with E-state index in [0.29, 0.717) is 22.7 Å². The molecular weight excluding hydrogens is 350 g/mol. The van der Waals surface area contributed by atoms with Crippen molar-refractivity contribution in [2.45, 2.75) is 17.8 Å². The molecule has 1 aromatic heterocycles. The van der Waals surface area contributed by atoms with Crippen LogP contribution in [0.1, 0.15) is 5.56 Å². The van der Waals surface area contributed by atoms with E-state index in [1.54, 1.807) is 12.4 Å². The highest BCUT2D eigenvalue weighted by Gasteiger charge is 2.53. The summed E-state index contributed by atoms with van der Waals surface area (Å²) in [7, 11) is 0. The first-order valence-corrected chi connectivity index (χ1v) is 8.67. The molecule has 1 fully saturated rings. The van der Waals surface area contributed by atoms with Crippen molar-refractivity contribution in [3.8, 4) is 0 Å². The summed E-state index contributed by atoms with van der Waals surface area (Å²) < 4.78 is 0. The number of thioether (sulfide) groups is 1. The fraction of sp³-hybridized carbons (Fsp3) is 0.333. The van der Waals surface area contributed by atoms with Crippen LogP contribution in [0.25, 0.3) is 0 Å². The van der Waals surface area contributed by atoms with Gasteiger partial charge in [0, 0.05) is 24.6 Å². The average Bonchev–Trinajstić information content (AvgIpc) is 2.58. The molecule has 1 saturated heterocycles. The van der Waals surface area contributed by atoms with Gasteiger partial charge in [-0.05, 0) is 23.3 Å². The summed E-state index contributed by atoms with van der Waals surface area (Å²) in [6, 6.07) is 3.15. The van der Waals surface area contributed by atoms with Crippen LogP contribution in [0.3, 0.4) is 0 Å². The van der Waals surface area contributed by atoms with E-state index < -0.39 is 12.0 Å². The number of carboxylic acids is 1. The van der Waals surface area contributed by atoms with Crippen molar-refractivity contribution in [3.63, 3.8) is 0 Å². The zero-order chi connectivity index (χ0) is 17.3. The predicted octanol–water partition coefficient (Wildman–Crippen LogP) is 0.156. The van der Waals surface area contributed by atoms with E-state index in [1.165, 1.54) is 16.7 Å². The number of hydrogen-bond acceptors (Lipinski definition) is 6. The molecule has 2 aliphatic rings. The highest BCUT2D eigenvalue weighted by atomic mass is 32.2. The Kier molecular flexibility index (Phi) is 4.83. The van der Waals surface area contributed by atoms with E-state index in [-0.39, 0.29) is 23.6 Å². The summed E-state index contributed by atoms with van der Waals surface area (Å²) in [5.74, 6) is -1.16. The lowest BCUT2D eigenvalue weighted by Gasteiger charge is -2.49. The molecule has 7 nitrogen and oxygen atoms in total. The Labute approximate surface area is 147 Å². The first-order chi connectivity index (χ1) is 11.5. The summed E-state index contributed by atoms with van der Waals surface area (Å²) in [4.78, 5) is 29.5. The molecule has 1 amide bonds. The fourth-order valence-electron chi connectivity index (χ4n) is 2.72. The lowest BCUT2D eigenvalue weighted by atomic mass is 10.0. The van der Waals surface area contributed by atoms with E-state index in [9.17, 15) is 19.8 Å². The van der Waals surface area contributed by atoms with Crippen molar-refractivity contribution in [1.29, 1.82) is 0 Å². The van der Waals surface area contributed by atoms with Gasteiger partial charge in [0.15, 0.2) is 0 Å². The van der Waals surface area contributed by atoms with Crippen LogP contribution in [0.15, 0.2) is 35.8 Å². The molecule has 9 heteroatoms. The number of pyridine rings is 1. The molecule has 3 rings (SSSR count). The number of rotatable bonds is 5. The van der Waals surface area contributed by atoms with Crippen LogP contribution >= 0.6 is 24.0 Å². The third-order valence-corrected chi connectivity index (χ3v) is 5.47. The molecular formula is C15H15N3O4S2. The topological polar surface area (TPSA) is 103 Å². The van der Waals surface area contributed by atoms with Crippen LogP contribution in [-0.4, -0.2) is 60.7 Å². The second-order valence-electron chi connectivity index (χ2n) is 5.40. The predicted molar refractivity (Wildman–Crippen MR) is 92.3 cm³/mol. The second-order valence-corrected chi connectivity index (χ2v) is 7.00. The van der Waals surface area contributed by atoms with Gasteiger partial charge in [0.25, 0.3) is 5.91 Å². The first kappa shape index (κ1) is 16.9. The summed E-state index contributed by atoms with van der Waals surface area (Å²) in [5, 5.41) is 21.3. The first-order valence-electron chi connectivity index (χ1n) is 7.22. The number of aliphatic carboxylic acids is 1. The van der Waals surface area contributed by atoms with E-state index in [1.807, 2.05) is 12.1 Å². The lowest BCUT2D eigenvalue weighted by Crippen LogP contribution is -2.70. The second kappa shape index (κ2) is 6.88. The van der Waals surface area contributed by atoms with Gasteiger partial charge in [-0.2, -0.15) is 0 Å². The Hall–Kier alpha value is -1.97. The van der Waals surface area contributed by atoms with Gasteiger partial charge in [0.05, 0.1) is 11.6 Å². The van der Waals surface area contributed by atoms with E-state index in [4.69, 9.17) is 12.2 Å². The molecule has 3 heterocycles. The molecule has 24 heavy (non-hydrogen) atoms. The molecule has 126 valence electrons. The molecule has 0 bridgehead atoms. The average molecular weight is 365 g/mol. The van der Waals surface area contributed by atoms with Crippen molar-refractivity contribution in [2.24, 2.45) is 0 Å². The number of β-lactam (4-membered cyclic amide) rings is 1. The molecule has 1 aromatic rings. The highest BCUT2D eigenvalue weighted by Crippen LogP contribution is 2.40. The van der Waals surface area contributed by atoms with Crippen LogP contribution in [0.2, 0.25) is 0 Å². The van der Waals surface area contributed by atoms with Crippen molar-refractivity contribution >= 4 is 40.8 Å². The molecule has 0 spiro atoms. The summed E-state index contributed by atoms with van der Waals surface area (Å²) in [6.45, 7) is -0.371. The third kappa shape index (κ3) is 3.02. The minimum atomic E-state index is -1.20. The Morgan fingerprint density at radius 1 is 1.46 bits per heavy atom.